The number of unbranched alkanes of at least 4 members (excludes halogenated alkanes) is 1. The number of aliphatic hydroxyl groups excluding tert-OH is 1. The minimum Gasteiger partial charge on any atom is -0.494 e. The van der Waals surface area contributed by atoms with Gasteiger partial charge in [-0.2, -0.15) is 0 Å². The molecule has 1 atom stereocenters. The molecule has 0 spiro atoms. The number of ether oxygens (including phenoxy) is 1. The van der Waals surface area contributed by atoms with Crippen LogP contribution >= 0.6 is 0 Å². The van der Waals surface area contributed by atoms with E-state index in [4.69, 9.17) is 4.74 Å². The molecule has 2 aromatic carbocycles. The van der Waals surface area contributed by atoms with Gasteiger partial charge in [0, 0.05) is 41.3 Å². The molecule has 5 heteroatoms. The van der Waals surface area contributed by atoms with Crippen molar-refractivity contribution in [2.45, 2.75) is 39.3 Å². The number of carbonyl (C=O) groups is 1. The number of carbonyl (C=O) groups excluding carboxylic acids is 1. The number of rotatable bonds is 12. The number of allylic oxidation sites excluding steroid dienone is 1. The highest BCUT2D eigenvalue weighted by Crippen LogP contribution is 2.23. The van der Waals surface area contributed by atoms with E-state index in [-0.39, 0.29) is 5.78 Å². The number of hydrogen-bond acceptors (Lipinski definition) is 4. The Kier molecular flexibility index (Phi) is 8.65. The van der Waals surface area contributed by atoms with Gasteiger partial charge >= 0.3 is 0 Å². The number of ketones is 1. The van der Waals surface area contributed by atoms with Crippen LogP contribution in [0.25, 0.3) is 17.0 Å². The number of aliphatic hydroxyl groups is 1. The molecular weight excluding hydrogens is 400 g/mol. The minimum atomic E-state index is -0.463. The SMILES string of the molecule is CCCCN(C)C[C@@H](O)Cn1cc(/C=C/C(=O)c2ccc(OCC)cc2)c2ccccc21. The normalized spacial score (nSPS) is 12.7. The van der Waals surface area contributed by atoms with Gasteiger partial charge in [-0.3, -0.25) is 4.79 Å². The third-order valence-corrected chi connectivity index (χ3v) is 5.51. The Bertz CT molecular complexity index is 1040. The summed E-state index contributed by atoms with van der Waals surface area (Å²) < 4.78 is 7.52. The van der Waals surface area contributed by atoms with Gasteiger partial charge in [-0.1, -0.05) is 31.5 Å². The topological polar surface area (TPSA) is 54.7 Å². The molecule has 0 aliphatic carbocycles. The fraction of sp³-hybridized carbons (Fsp3) is 0.370. The summed E-state index contributed by atoms with van der Waals surface area (Å²) in [5, 5.41) is 11.7. The van der Waals surface area contributed by atoms with Crippen molar-refractivity contribution in [3.05, 3.63) is 71.9 Å². The maximum absolute atomic E-state index is 12.6. The van der Waals surface area contributed by atoms with Crippen LogP contribution in [0.5, 0.6) is 5.75 Å². The number of fused-ring (bicyclic) bond motifs is 1. The van der Waals surface area contributed by atoms with Crippen molar-refractivity contribution in [3.63, 3.8) is 0 Å². The second kappa shape index (κ2) is 11.7. The molecule has 3 aromatic rings. The van der Waals surface area contributed by atoms with E-state index in [1.54, 1.807) is 18.2 Å². The van der Waals surface area contributed by atoms with E-state index in [2.05, 4.69) is 22.5 Å². The van der Waals surface area contributed by atoms with E-state index >= 15 is 0 Å². The van der Waals surface area contributed by atoms with E-state index in [1.807, 2.05) is 56.6 Å². The van der Waals surface area contributed by atoms with Gasteiger partial charge in [0.2, 0.25) is 0 Å². The number of nitrogens with zero attached hydrogens (tertiary/aromatic N) is 2. The minimum absolute atomic E-state index is 0.0533. The molecule has 1 N–H and O–H groups in total. The van der Waals surface area contributed by atoms with Crippen molar-refractivity contribution < 1.29 is 14.6 Å². The van der Waals surface area contributed by atoms with Gasteiger partial charge in [0.15, 0.2) is 5.78 Å². The summed E-state index contributed by atoms with van der Waals surface area (Å²) in [5.41, 5.74) is 2.64. The fourth-order valence-corrected chi connectivity index (χ4v) is 3.87. The zero-order chi connectivity index (χ0) is 22.9. The van der Waals surface area contributed by atoms with Crippen molar-refractivity contribution in [3.8, 4) is 5.75 Å². The van der Waals surface area contributed by atoms with Crippen LogP contribution in [0, 0.1) is 0 Å². The first kappa shape index (κ1) is 23.8. The molecule has 0 fully saturated rings. The monoisotopic (exact) mass is 434 g/mol. The van der Waals surface area contributed by atoms with Gasteiger partial charge in [-0.15, -0.1) is 0 Å². The Morgan fingerprint density at radius 2 is 1.91 bits per heavy atom. The molecule has 0 aliphatic heterocycles. The first-order valence-corrected chi connectivity index (χ1v) is 11.4. The van der Waals surface area contributed by atoms with Gasteiger partial charge in [-0.05, 0) is 69.4 Å². The summed E-state index contributed by atoms with van der Waals surface area (Å²) in [6.45, 7) is 6.84. The molecule has 3 rings (SSSR count). The maximum Gasteiger partial charge on any atom is 0.185 e. The van der Waals surface area contributed by atoms with Crippen LogP contribution in [0.3, 0.4) is 0 Å². The largest absolute Gasteiger partial charge is 0.494 e. The van der Waals surface area contributed by atoms with E-state index in [1.165, 1.54) is 0 Å². The predicted octanol–water partition coefficient (Wildman–Crippen LogP) is 5.03. The number of benzene rings is 2. The number of aromatic nitrogens is 1. The molecule has 32 heavy (non-hydrogen) atoms. The van der Waals surface area contributed by atoms with Gasteiger partial charge < -0.3 is 19.3 Å². The van der Waals surface area contributed by atoms with Crippen LogP contribution in [0.1, 0.15) is 42.6 Å². The number of likely N-dealkylation sites (N-methyl/N-ethyl adjacent to an activating group) is 1. The van der Waals surface area contributed by atoms with Crippen LogP contribution in [0.15, 0.2) is 60.8 Å². The third-order valence-electron chi connectivity index (χ3n) is 5.51. The van der Waals surface area contributed by atoms with Crippen LogP contribution in [0.4, 0.5) is 0 Å². The Balaban J connectivity index is 1.74. The molecule has 0 amide bonds. The molecule has 0 aliphatic rings. The zero-order valence-electron chi connectivity index (χ0n) is 19.3. The highest BCUT2D eigenvalue weighted by atomic mass is 16.5. The molecular formula is C27H34N2O3. The second-order valence-electron chi connectivity index (χ2n) is 8.18. The van der Waals surface area contributed by atoms with Crippen molar-refractivity contribution in [2.75, 3.05) is 26.7 Å². The lowest BCUT2D eigenvalue weighted by Gasteiger charge is -2.21. The Labute approximate surface area is 190 Å². The summed E-state index contributed by atoms with van der Waals surface area (Å²) in [4.78, 5) is 14.8. The Morgan fingerprint density at radius 1 is 1.16 bits per heavy atom. The molecule has 1 heterocycles. The molecule has 0 saturated heterocycles. The maximum atomic E-state index is 12.6. The lowest BCUT2D eigenvalue weighted by atomic mass is 10.1. The average Bonchev–Trinajstić information content (AvgIpc) is 3.14. The van der Waals surface area contributed by atoms with Crippen molar-refractivity contribution in [2.24, 2.45) is 0 Å². The van der Waals surface area contributed by atoms with Crippen LogP contribution in [-0.2, 0) is 6.54 Å². The summed E-state index contributed by atoms with van der Waals surface area (Å²) in [5.74, 6) is 0.706. The van der Waals surface area contributed by atoms with Gasteiger partial charge in [0.05, 0.1) is 12.7 Å². The quantitative estimate of drug-likeness (QED) is 0.321. The molecule has 0 unspecified atom stereocenters. The summed E-state index contributed by atoms with van der Waals surface area (Å²) in [6, 6.07) is 15.3. The van der Waals surface area contributed by atoms with Crippen molar-refractivity contribution in [1.29, 1.82) is 0 Å². The highest BCUT2D eigenvalue weighted by molar-refractivity contribution is 6.07. The lowest BCUT2D eigenvalue weighted by molar-refractivity contribution is 0.104. The Morgan fingerprint density at radius 3 is 2.62 bits per heavy atom. The predicted molar refractivity (Wildman–Crippen MR) is 131 cm³/mol. The molecule has 170 valence electrons. The Hall–Kier alpha value is -2.89. The van der Waals surface area contributed by atoms with Gasteiger partial charge in [0.25, 0.3) is 0 Å². The standard InChI is InChI=1S/C27H34N2O3/c1-4-6-17-28(3)19-23(30)20-29-18-22(25-9-7-8-10-26(25)29)13-16-27(31)21-11-14-24(15-12-21)32-5-2/h7-16,18,23,30H,4-6,17,19-20H2,1-3H3/b16-13+/t23-/m1/s1. The number of hydrogen-bond donors (Lipinski definition) is 1. The molecule has 5 nitrogen and oxygen atoms in total. The molecule has 0 radical (unpaired) electrons. The molecule has 1 aromatic heterocycles. The molecule has 0 saturated carbocycles. The van der Waals surface area contributed by atoms with Crippen LogP contribution in [-0.4, -0.2) is 53.2 Å². The van der Waals surface area contributed by atoms with E-state index in [9.17, 15) is 9.90 Å². The summed E-state index contributed by atoms with van der Waals surface area (Å²) in [7, 11) is 2.05. The summed E-state index contributed by atoms with van der Waals surface area (Å²) >= 11 is 0. The third kappa shape index (κ3) is 6.31. The zero-order valence-corrected chi connectivity index (χ0v) is 19.3. The first-order valence-electron chi connectivity index (χ1n) is 11.4. The van der Waals surface area contributed by atoms with Crippen molar-refractivity contribution >= 4 is 22.8 Å². The van der Waals surface area contributed by atoms with Gasteiger partial charge in [-0.25, -0.2) is 0 Å². The van der Waals surface area contributed by atoms with Crippen LogP contribution in [0.2, 0.25) is 0 Å². The van der Waals surface area contributed by atoms with Gasteiger partial charge in [0.1, 0.15) is 5.75 Å². The smallest absolute Gasteiger partial charge is 0.185 e. The van der Waals surface area contributed by atoms with Crippen LogP contribution < -0.4 is 4.74 Å². The molecule has 0 bridgehead atoms. The number of para-hydroxylation sites is 1. The average molecular weight is 435 g/mol. The first-order chi connectivity index (χ1) is 15.5. The second-order valence-corrected chi connectivity index (χ2v) is 8.18. The van der Waals surface area contributed by atoms with E-state index in [0.717, 1.165) is 41.6 Å². The van der Waals surface area contributed by atoms with Crippen molar-refractivity contribution in [1.82, 2.24) is 9.47 Å². The fourth-order valence-electron chi connectivity index (χ4n) is 3.87. The lowest BCUT2D eigenvalue weighted by Crippen LogP contribution is -2.32. The van der Waals surface area contributed by atoms with E-state index in [0.29, 0.717) is 25.3 Å². The summed E-state index contributed by atoms with van der Waals surface area (Å²) in [6.07, 6.45) is 7.30. The van der Waals surface area contributed by atoms with E-state index < -0.39 is 6.10 Å². The highest BCUT2D eigenvalue weighted by Gasteiger charge is 2.13.